The topological polar surface area (TPSA) is 98.5 Å². The van der Waals surface area contributed by atoms with Gasteiger partial charge in [-0.05, 0) is 42.9 Å². The van der Waals surface area contributed by atoms with E-state index in [1.54, 1.807) is 6.07 Å². The van der Waals surface area contributed by atoms with Crippen LogP contribution in [0.5, 0.6) is 5.75 Å². The summed E-state index contributed by atoms with van der Waals surface area (Å²) in [5.41, 5.74) is 0.817. The second kappa shape index (κ2) is 9.59. The third-order valence-electron chi connectivity index (χ3n) is 5.17. The average Bonchev–Trinajstić information content (AvgIpc) is 2.84. The highest BCUT2D eigenvalue weighted by Crippen LogP contribution is 2.40. The first-order valence-electron chi connectivity index (χ1n) is 9.57. The van der Waals surface area contributed by atoms with Crippen LogP contribution in [0, 0.1) is 18.3 Å². The number of nitrogens with zero attached hydrogens (tertiary/aromatic N) is 2. The number of benzene rings is 1. The predicted octanol–water partition coefficient (Wildman–Crippen LogP) is 1.42. The van der Waals surface area contributed by atoms with Gasteiger partial charge in [0, 0.05) is 13.0 Å². The number of hydrogen-bond donors (Lipinski definition) is 1. The first-order chi connectivity index (χ1) is 14.4. The van der Waals surface area contributed by atoms with Crippen LogP contribution >= 0.6 is 0 Å². The van der Waals surface area contributed by atoms with Gasteiger partial charge in [-0.25, -0.2) is 20.0 Å². The largest absolute Gasteiger partial charge is 0.465 e. The maximum Gasteiger partial charge on any atom is 0.326 e. The Morgan fingerprint density at radius 1 is 1.33 bits per heavy atom. The van der Waals surface area contributed by atoms with Crippen molar-refractivity contribution in [3.05, 3.63) is 34.4 Å². The minimum absolute atomic E-state index is 0.00706. The predicted molar refractivity (Wildman–Crippen MR) is 106 cm³/mol. The summed E-state index contributed by atoms with van der Waals surface area (Å²) in [6.45, 7) is 7.28. The lowest BCUT2D eigenvalue weighted by atomic mass is 10.00. The van der Waals surface area contributed by atoms with E-state index >= 15 is 4.39 Å². The van der Waals surface area contributed by atoms with E-state index in [9.17, 15) is 13.2 Å². The SMILES string of the molecule is [C-]#[N+]C[C@@H]1CCc2cc(OCOCCOC)c(N3CC(=O)NS3(=O)=O)c(F)c2CC1. The zero-order valence-corrected chi connectivity index (χ0v) is 17.5. The summed E-state index contributed by atoms with van der Waals surface area (Å²) in [5.74, 6) is -1.32. The molecule has 0 unspecified atom stereocenters. The number of carbonyl (C=O) groups is 1. The van der Waals surface area contributed by atoms with Gasteiger partial charge in [0.25, 0.3) is 5.91 Å². The van der Waals surface area contributed by atoms with E-state index in [0.29, 0.717) is 47.8 Å². The Morgan fingerprint density at radius 2 is 2.10 bits per heavy atom. The molecular weight excluding hydrogens is 417 g/mol. The van der Waals surface area contributed by atoms with Gasteiger partial charge in [-0.15, -0.1) is 0 Å². The number of rotatable bonds is 8. The van der Waals surface area contributed by atoms with E-state index in [2.05, 4.69) is 4.85 Å². The maximum absolute atomic E-state index is 15.6. The Morgan fingerprint density at radius 3 is 2.77 bits per heavy atom. The lowest BCUT2D eigenvalue weighted by molar-refractivity contribution is -0.117. The van der Waals surface area contributed by atoms with Crippen molar-refractivity contribution < 1.29 is 31.8 Å². The van der Waals surface area contributed by atoms with Crippen molar-refractivity contribution in [1.82, 2.24) is 4.72 Å². The van der Waals surface area contributed by atoms with E-state index in [4.69, 9.17) is 20.8 Å². The molecule has 0 bridgehead atoms. The van der Waals surface area contributed by atoms with Crippen molar-refractivity contribution in [1.29, 1.82) is 0 Å². The Labute approximate surface area is 175 Å². The Balaban J connectivity index is 1.97. The molecule has 0 spiro atoms. The molecule has 0 saturated carbocycles. The molecule has 30 heavy (non-hydrogen) atoms. The second-order valence-corrected chi connectivity index (χ2v) is 8.75. The van der Waals surface area contributed by atoms with Crippen LogP contribution in [0.1, 0.15) is 24.0 Å². The molecule has 0 radical (unpaired) electrons. The molecule has 3 rings (SSSR count). The number of aryl methyl sites for hydroxylation is 1. The molecule has 164 valence electrons. The Kier molecular flexibility index (Phi) is 7.12. The number of methoxy groups -OCH3 is 1. The first-order valence-corrected chi connectivity index (χ1v) is 11.0. The molecule has 0 aromatic heterocycles. The normalized spacial score (nSPS) is 20.2. The first kappa shape index (κ1) is 22.3. The molecule has 1 saturated heterocycles. The summed E-state index contributed by atoms with van der Waals surface area (Å²) in [6, 6.07) is 1.62. The summed E-state index contributed by atoms with van der Waals surface area (Å²) < 4.78 is 58.6. The number of carbonyl (C=O) groups excluding carboxylic acids is 1. The molecule has 1 N–H and O–H groups in total. The maximum atomic E-state index is 15.6. The number of fused-ring (bicyclic) bond motifs is 1. The molecule has 2 aliphatic rings. The fourth-order valence-electron chi connectivity index (χ4n) is 3.66. The Bertz CT molecular complexity index is 947. The van der Waals surface area contributed by atoms with Crippen LogP contribution in [0.3, 0.4) is 0 Å². The fraction of sp³-hybridized carbons (Fsp3) is 0.579. The standard InChI is InChI=1S/C19H24FN3O6S/c1-21-10-13-3-5-14-9-16(29-12-28-8-7-27-2)19(18(20)15(14)6-4-13)23-11-17(24)22-30(23,25)26/h9,13H,3-8,10-12H2,2H3,(H,22,24)/t13-/m1/s1. The quantitative estimate of drug-likeness (QED) is 0.284. The molecule has 1 aromatic rings. The van der Waals surface area contributed by atoms with E-state index in [-0.39, 0.29) is 30.8 Å². The third kappa shape index (κ3) is 4.83. The molecule has 1 fully saturated rings. The number of halogens is 1. The zero-order valence-electron chi connectivity index (χ0n) is 16.6. The van der Waals surface area contributed by atoms with Crippen LogP contribution in [0.15, 0.2) is 6.07 Å². The van der Waals surface area contributed by atoms with E-state index in [1.165, 1.54) is 7.11 Å². The van der Waals surface area contributed by atoms with Crippen molar-refractivity contribution in [3.63, 3.8) is 0 Å². The highest BCUT2D eigenvalue weighted by molar-refractivity contribution is 7.92. The highest BCUT2D eigenvalue weighted by atomic mass is 32.2. The Hall–Kier alpha value is -2.42. The molecule has 1 aliphatic carbocycles. The van der Waals surface area contributed by atoms with Crippen LogP contribution < -0.4 is 13.8 Å². The van der Waals surface area contributed by atoms with Gasteiger partial charge < -0.3 is 19.1 Å². The summed E-state index contributed by atoms with van der Waals surface area (Å²) in [5, 5.41) is 0. The highest BCUT2D eigenvalue weighted by Gasteiger charge is 2.39. The van der Waals surface area contributed by atoms with E-state index in [0.717, 1.165) is 6.42 Å². The zero-order chi connectivity index (χ0) is 21.7. The molecule has 1 aliphatic heterocycles. The van der Waals surface area contributed by atoms with Crippen LogP contribution in [-0.4, -0.2) is 54.5 Å². The number of hydrogen-bond acceptors (Lipinski definition) is 6. The van der Waals surface area contributed by atoms with Crippen LogP contribution in [0.25, 0.3) is 4.85 Å². The van der Waals surface area contributed by atoms with Crippen molar-refractivity contribution in [2.75, 3.05) is 44.5 Å². The number of nitrogens with one attached hydrogen (secondary N) is 1. The van der Waals surface area contributed by atoms with Crippen molar-refractivity contribution in [2.45, 2.75) is 25.7 Å². The molecule has 1 heterocycles. The van der Waals surface area contributed by atoms with Crippen LogP contribution in [0.4, 0.5) is 10.1 Å². The molecule has 11 heteroatoms. The van der Waals surface area contributed by atoms with Gasteiger partial charge in [0.15, 0.2) is 12.6 Å². The van der Waals surface area contributed by atoms with Gasteiger partial charge in [-0.1, -0.05) is 0 Å². The van der Waals surface area contributed by atoms with E-state index < -0.39 is 28.5 Å². The molecule has 1 aromatic carbocycles. The summed E-state index contributed by atoms with van der Waals surface area (Å²) in [6.07, 6.45) is 2.31. The summed E-state index contributed by atoms with van der Waals surface area (Å²) in [4.78, 5) is 15.1. The van der Waals surface area contributed by atoms with Crippen LogP contribution in [-0.2, 0) is 37.3 Å². The van der Waals surface area contributed by atoms with Gasteiger partial charge in [0.05, 0.1) is 13.2 Å². The molecule has 1 atom stereocenters. The monoisotopic (exact) mass is 441 g/mol. The number of ether oxygens (including phenoxy) is 3. The van der Waals surface area contributed by atoms with Crippen molar-refractivity contribution in [3.8, 4) is 5.75 Å². The number of amides is 1. The lowest BCUT2D eigenvalue weighted by Crippen LogP contribution is -2.31. The smallest absolute Gasteiger partial charge is 0.326 e. The number of anilines is 1. The van der Waals surface area contributed by atoms with Gasteiger partial charge in [-0.2, -0.15) is 8.42 Å². The lowest BCUT2D eigenvalue weighted by Gasteiger charge is -2.22. The molecule has 9 nitrogen and oxygen atoms in total. The van der Waals surface area contributed by atoms with Crippen molar-refractivity contribution in [2.24, 2.45) is 5.92 Å². The second-order valence-electron chi connectivity index (χ2n) is 7.16. The van der Waals surface area contributed by atoms with Gasteiger partial charge in [0.2, 0.25) is 6.54 Å². The molecule has 1 amide bonds. The summed E-state index contributed by atoms with van der Waals surface area (Å²) in [7, 11) is -2.69. The minimum atomic E-state index is -4.22. The van der Waals surface area contributed by atoms with E-state index in [1.807, 2.05) is 4.72 Å². The average molecular weight is 441 g/mol. The summed E-state index contributed by atoms with van der Waals surface area (Å²) >= 11 is 0. The van der Waals surface area contributed by atoms with Gasteiger partial charge in [0.1, 0.15) is 18.0 Å². The van der Waals surface area contributed by atoms with Crippen molar-refractivity contribution >= 4 is 21.8 Å². The van der Waals surface area contributed by atoms with Gasteiger partial charge in [-0.3, -0.25) is 4.79 Å². The molecular formula is C19H24FN3O6S. The van der Waals surface area contributed by atoms with Gasteiger partial charge >= 0.3 is 10.2 Å². The van der Waals surface area contributed by atoms with Crippen LogP contribution in [0.2, 0.25) is 0 Å². The minimum Gasteiger partial charge on any atom is -0.465 e. The third-order valence-corrected chi connectivity index (χ3v) is 6.55. The fourth-order valence-corrected chi connectivity index (χ4v) is 4.82.